The second-order valence-electron chi connectivity index (χ2n) is 5.92. The summed E-state index contributed by atoms with van der Waals surface area (Å²) >= 11 is 0. The van der Waals surface area contributed by atoms with Crippen LogP contribution in [-0.4, -0.2) is 17.3 Å². The van der Waals surface area contributed by atoms with E-state index in [1.807, 2.05) is 0 Å². The van der Waals surface area contributed by atoms with E-state index in [2.05, 4.69) is 51.2 Å². The molecule has 17 heavy (non-hydrogen) atoms. The normalized spacial score (nSPS) is 26.6. The molecule has 1 aliphatic rings. The number of rotatable bonds is 3. The number of aliphatic hydroxyl groups is 1. The number of aliphatic hydroxyl groups excluding tert-OH is 1. The summed E-state index contributed by atoms with van der Waals surface area (Å²) in [4.78, 5) is 0. The molecule has 2 unspecified atom stereocenters. The van der Waals surface area contributed by atoms with Crippen LogP contribution in [0.5, 0.6) is 0 Å². The van der Waals surface area contributed by atoms with Crippen LogP contribution in [0.15, 0.2) is 18.2 Å². The van der Waals surface area contributed by atoms with Crippen LogP contribution >= 0.6 is 0 Å². The van der Waals surface area contributed by atoms with E-state index in [0.29, 0.717) is 6.04 Å². The number of benzene rings is 1. The molecule has 0 aromatic heterocycles. The summed E-state index contributed by atoms with van der Waals surface area (Å²) in [5.41, 5.74) is 4.02. The second-order valence-corrected chi connectivity index (χ2v) is 5.92. The van der Waals surface area contributed by atoms with Gasteiger partial charge in [-0.3, -0.25) is 0 Å². The zero-order valence-electron chi connectivity index (χ0n) is 11.2. The molecule has 94 valence electrons. The van der Waals surface area contributed by atoms with Crippen LogP contribution in [-0.2, 0) is 6.54 Å². The third kappa shape index (κ3) is 2.38. The lowest BCUT2D eigenvalue weighted by Gasteiger charge is -2.49. The lowest BCUT2D eigenvalue weighted by molar-refractivity contribution is -0.0729. The molecule has 2 N–H and O–H groups in total. The largest absolute Gasteiger partial charge is 0.392 e. The molecule has 0 spiro atoms. The van der Waals surface area contributed by atoms with Gasteiger partial charge in [-0.1, -0.05) is 32.0 Å². The van der Waals surface area contributed by atoms with Crippen LogP contribution in [0, 0.1) is 19.3 Å². The highest BCUT2D eigenvalue weighted by Gasteiger charge is 2.46. The van der Waals surface area contributed by atoms with Crippen molar-refractivity contribution in [3.8, 4) is 0 Å². The predicted molar refractivity (Wildman–Crippen MR) is 70.9 cm³/mol. The van der Waals surface area contributed by atoms with Gasteiger partial charge in [-0.25, -0.2) is 0 Å². The monoisotopic (exact) mass is 233 g/mol. The van der Waals surface area contributed by atoms with Crippen LogP contribution in [0.4, 0.5) is 0 Å². The van der Waals surface area contributed by atoms with Crippen molar-refractivity contribution in [3.63, 3.8) is 0 Å². The van der Waals surface area contributed by atoms with Gasteiger partial charge in [-0.2, -0.15) is 0 Å². The zero-order chi connectivity index (χ0) is 12.6. The Bertz CT molecular complexity index is 411. The molecular weight excluding hydrogens is 210 g/mol. The van der Waals surface area contributed by atoms with Gasteiger partial charge in [0.15, 0.2) is 0 Å². The van der Waals surface area contributed by atoms with Crippen molar-refractivity contribution in [1.82, 2.24) is 5.32 Å². The van der Waals surface area contributed by atoms with Crippen LogP contribution in [0.1, 0.15) is 37.0 Å². The zero-order valence-corrected chi connectivity index (χ0v) is 11.2. The van der Waals surface area contributed by atoms with E-state index in [1.165, 1.54) is 16.7 Å². The summed E-state index contributed by atoms with van der Waals surface area (Å²) in [5.74, 6) is 0. The van der Waals surface area contributed by atoms with Crippen molar-refractivity contribution >= 4 is 0 Å². The van der Waals surface area contributed by atoms with E-state index >= 15 is 0 Å². The first-order valence-corrected chi connectivity index (χ1v) is 6.39. The van der Waals surface area contributed by atoms with Crippen LogP contribution in [0.3, 0.4) is 0 Å². The van der Waals surface area contributed by atoms with Gasteiger partial charge in [0, 0.05) is 18.0 Å². The molecule has 2 heteroatoms. The molecule has 0 heterocycles. The fraction of sp³-hybridized carbons (Fsp3) is 0.600. The Morgan fingerprint density at radius 1 is 1.29 bits per heavy atom. The fourth-order valence-corrected chi connectivity index (χ4v) is 2.40. The molecule has 0 amide bonds. The van der Waals surface area contributed by atoms with Crippen molar-refractivity contribution in [3.05, 3.63) is 34.9 Å². The molecular formula is C15H23NO. The van der Waals surface area contributed by atoms with Gasteiger partial charge < -0.3 is 10.4 Å². The molecule has 2 atom stereocenters. The fourth-order valence-electron chi connectivity index (χ4n) is 2.40. The smallest absolute Gasteiger partial charge is 0.0621 e. The standard InChI is InChI=1S/C15H23NO/c1-10-5-6-12(7-11(10)2)9-16-13-8-14(17)15(13,3)4/h5-7,13-14,16-17H,8-9H2,1-4H3. The van der Waals surface area contributed by atoms with Crippen LogP contribution in [0.25, 0.3) is 0 Å². The molecule has 1 aliphatic carbocycles. The Balaban J connectivity index is 1.93. The summed E-state index contributed by atoms with van der Waals surface area (Å²) in [6.07, 6.45) is 0.720. The van der Waals surface area contributed by atoms with Crippen LogP contribution < -0.4 is 5.32 Å². The second kappa shape index (κ2) is 4.43. The lowest BCUT2D eigenvalue weighted by Crippen LogP contribution is -2.59. The molecule has 0 radical (unpaired) electrons. The first kappa shape index (κ1) is 12.6. The van der Waals surface area contributed by atoms with Gasteiger partial charge in [0.2, 0.25) is 0 Å². The molecule has 2 rings (SSSR count). The Morgan fingerprint density at radius 2 is 2.00 bits per heavy atom. The van der Waals surface area contributed by atoms with Crippen molar-refractivity contribution in [2.75, 3.05) is 0 Å². The molecule has 1 aromatic carbocycles. The Morgan fingerprint density at radius 3 is 2.53 bits per heavy atom. The predicted octanol–water partition coefficient (Wildman–Crippen LogP) is 2.55. The quantitative estimate of drug-likeness (QED) is 0.841. The summed E-state index contributed by atoms with van der Waals surface area (Å²) in [7, 11) is 0. The number of hydrogen-bond acceptors (Lipinski definition) is 2. The number of hydrogen-bond donors (Lipinski definition) is 2. The molecule has 1 fully saturated rings. The third-order valence-electron chi connectivity index (χ3n) is 4.34. The van der Waals surface area contributed by atoms with Crippen molar-refractivity contribution in [2.45, 2.75) is 52.8 Å². The van der Waals surface area contributed by atoms with Crippen LogP contribution in [0.2, 0.25) is 0 Å². The van der Waals surface area contributed by atoms with E-state index in [-0.39, 0.29) is 11.5 Å². The van der Waals surface area contributed by atoms with Gasteiger partial charge in [-0.15, -0.1) is 0 Å². The summed E-state index contributed by atoms with van der Waals surface area (Å²) in [6, 6.07) is 7.02. The SMILES string of the molecule is Cc1ccc(CNC2CC(O)C2(C)C)cc1C. The van der Waals surface area contributed by atoms with E-state index < -0.39 is 0 Å². The van der Waals surface area contributed by atoms with E-state index in [0.717, 1.165) is 13.0 Å². The van der Waals surface area contributed by atoms with Crippen molar-refractivity contribution in [2.24, 2.45) is 5.41 Å². The van der Waals surface area contributed by atoms with E-state index in [9.17, 15) is 5.11 Å². The molecule has 2 nitrogen and oxygen atoms in total. The molecule has 0 saturated heterocycles. The Labute approximate surface area is 104 Å². The molecule has 1 aromatic rings. The van der Waals surface area contributed by atoms with Crippen molar-refractivity contribution < 1.29 is 5.11 Å². The summed E-state index contributed by atoms with van der Waals surface area (Å²) < 4.78 is 0. The van der Waals surface area contributed by atoms with Gasteiger partial charge in [0.05, 0.1) is 6.10 Å². The minimum absolute atomic E-state index is 0.0136. The third-order valence-corrected chi connectivity index (χ3v) is 4.34. The maximum Gasteiger partial charge on any atom is 0.0621 e. The van der Waals surface area contributed by atoms with Gasteiger partial charge in [0.1, 0.15) is 0 Å². The maximum absolute atomic E-state index is 9.68. The summed E-state index contributed by atoms with van der Waals surface area (Å²) in [5, 5.41) is 13.2. The first-order chi connectivity index (χ1) is 7.91. The minimum atomic E-state index is -0.153. The summed E-state index contributed by atoms with van der Waals surface area (Å²) in [6.45, 7) is 9.42. The lowest BCUT2D eigenvalue weighted by atomic mass is 9.64. The van der Waals surface area contributed by atoms with E-state index in [4.69, 9.17) is 0 Å². The van der Waals surface area contributed by atoms with Gasteiger partial charge in [-0.05, 0) is 37.0 Å². The molecule has 0 aliphatic heterocycles. The van der Waals surface area contributed by atoms with Crippen molar-refractivity contribution in [1.29, 1.82) is 0 Å². The maximum atomic E-state index is 9.68. The first-order valence-electron chi connectivity index (χ1n) is 6.39. The average molecular weight is 233 g/mol. The molecule has 0 bridgehead atoms. The highest BCUT2D eigenvalue weighted by Crippen LogP contribution is 2.40. The van der Waals surface area contributed by atoms with E-state index in [1.54, 1.807) is 0 Å². The molecule has 1 saturated carbocycles. The minimum Gasteiger partial charge on any atom is -0.392 e. The highest BCUT2D eigenvalue weighted by molar-refractivity contribution is 5.29. The average Bonchev–Trinajstić information content (AvgIpc) is 2.28. The van der Waals surface area contributed by atoms with Gasteiger partial charge in [0.25, 0.3) is 0 Å². The number of aryl methyl sites for hydroxylation is 2. The Kier molecular flexibility index (Phi) is 3.28. The highest BCUT2D eigenvalue weighted by atomic mass is 16.3. The topological polar surface area (TPSA) is 32.3 Å². The number of nitrogens with one attached hydrogen (secondary N) is 1. The van der Waals surface area contributed by atoms with Gasteiger partial charge >= 0.3 is 0 Å². The Hall–Kier alpha value is -0.860.